The average Bonchev–Trinajstić information content (AvgIpc) is 2.37. The number of rotatable bonds is 3. The lowest BCUT2D eigenvalue weighted by Gasteiger charge is -2.29. The second-order valence-electron chi connectivity index (χ2n) is 5.38. The lowest BCUT2D eigenvalue weighted by atomic mass is 9.72. The van der Waals surface area contributed by atoms with E-state index in [1.165, 1.54) is 6.08 Å². The van der Waals surface area contributed by atoms with Crippen LogP contribution in [0.4, 0.5) is 0 Å². The number of hydrogen-bond acceptors (Lipinski definition) is 2. The van der Waals surface area contributed by atoms with Crippen molar-refractivity contribution < 1.29 is 9.59 Å². The van der Waals surface area contributed by atoms with Crippen LogP contribution in [0.15, 0.2) is 48.1 Å². The van der Waals surface area contributed by atoms with Gasteiger partial charge in [-0.3, -0.25) is 9.59 Å². The van der Waals surface area contributed by atoms with Gasteiger partial charge < -0.3 is 0 Å². The van der Waals surface area contributed by atoms with Crippen LogP contribution in [0.1, 0.15) is 32.3 Å². The first-order valence-corrected chi connectivity index (χ1v) is 6.49. The van der Waals surface area contributed by atoms with E-state index in [-0.39, 0.29) is 11.6 Å². The summed E-state index contributed by atoms with van der Waals surface area (Å²) in [4.78, 5) is 23.8. The van der Waals surface area contributed by atoms with Crippen LogP contribution in [0.2, 0.25) is 0 Å². The van der Waals surface area contributed by atoms with Crippen molar-refractivity contribution in [3.8, 4) is 0 Å². The zero-order chi connectivity index (χ0) is 13.9. The Morgan fingerprint density at radius 3 is 2.58 bits per heavy atom. The van der Waals surface area contributed by atoms with Crippen molar-refractivity contribution in [2.24, 2.45) is 5.41 Å². The van der Waals surface area contributed by atoms with Crippen LogP contribution >= 0.6 is 0 Å². The van der Waals surface area contributed by atoms with E-state index in [2.05, 4.69) is 0 Å². The summed E-state index contributed by atoms with van der Waals surface area (Å²) in [5, 5.41) is 0. The lowest BCUT2D eigenvalue weighted by Crippen LogP contribution is -2.34. The fourth-order valence-corrected chi connectivity index (χ4v) is 2.48. The Labute approximate surface area is 113 Å². The van der Waals surface area contributed by atoms with E-state index in [0.717, 1.165) is 5.56 Å². The minimum atomic E-state index is -0.582. The molecule has 1 aliphatic rings. The number of Topliss-reactive ketones (excluding diaryl/α,β-unsaturated/α-hetero) is 1. The molecule has 1 atom stereocenters. The molecule has 2 rings (SSSR count). The predicted molar refractivity (Wildman–Crippen MR) is 76.6 cm³/mol. The summed E-state index contributed by atoms with van der Waals surface area (Å²) in [6.45, 7) is 3.59. The van der Waals surface area contributed by atoms with Crippen LogP contribution in [0, 0.1) is 5.41 Å². The van der Waals surface area contributed by atoms with Crippen molar-refractivity contribution >= 4 is 17.6 Å². The number of ketones is 2. The van der Waals surface area contributed by atoms with E-state index in [9.17, 15) is 9.59 Å². The molecule has 0 aromatic heterocycles. The first-order chi connectivity index (χ1) is 9.01. The quantitative estimate of drug-likeness (QED) is 0.826. The Balaban J connectivity index is 2.10. The minimum absolute atomic E-state index is 0.0488. The van der Waals surface area contributed by atoms with Gasteiger partial charge in [0.1, 0.15) is 0 Å². The van der Waals surface area contributed by atoms with Crippen molar-refractivity contribution in [3.63, 3.8) is 0 Å². The SMILES string of the molecule is CC1=CC(=O)CC(C)(C/C=C/c2ccccc2)C1=O. The molecular formula is C17H18O2. The summed E-state index contributed by atoms with van der Waals surface area (Å²) in [6, 6.07) is 9.94. The van der Waals surface area contributed by atoms with Gasteiger partial charge in [-0.05, 0) is 30.6 Å². The van der Waals surface area contributed by atoms with Crippen molar-refractivity contribution in [2.45, 2.75) is 26.7 Å². The highest BCUT2D eigenvalue weighted by molar-refractivity contribution is 6.11. The molecule has 0 spiro atoms. The first-order valence-electron chi connectivity index (χ1n) is 6.49. The Morgan fingerprint density at radius 2 is 1.89 bits per heavy atom. The van der Waals surface area contributed by atoms with Gasteiger partial charge >= 0.3 is 0 Å². The van der Waals surface area contributed by atoms with E-state index in [4.69, 9.17) is 0 Å². The van der Waals surface area contributed by atoms with Gasteiger partial charge in [0, 0.05) is 11.8 Å². The number of carbonyl (C=O) groups is 2. The van der Waals surface area contributed by atoms with Crippen LogP contribution in [-0.4, -0.2) is 11.6 Å². The largest absolute Gasteiger partial charge is 0.295 e. The summed E-state index contributed by atoms with van der Waals surface area (Å²) in [5.74, 6) is 0.137. The predicted octanol–water partition coefficient (Wildman–Crippen LogP) is 3.58. The smallest absolute Gasteiger partial charge is 0.165 e. The second kappa shape index (κ2) is 5.35. The highest BCUT2D eigenvalue weighted by atomic mass is 16.1. The molecule has 0 fully saturated rings. The van der Waals surface area contributed by atoms with Crippen molar-refractivity contribution in [1.82, 2.24) is 0 Å². The Hall–Kier alpha value is -1.96. The topological polar surface area (TPSA) is 34.1 Å². The fourth-order valence-electron chi connectivity index (χ4n) is 2.48. The van der Waals surface area contributed by atoms with Gasteiger partial charge in [-0.2, -0.15) is 0 Å². The number of benzene rings is 1. The maximum atomic E-state index is 12.2. The summed E-state index contributed by atoms with van der Waals surface area (Å²) < 4.78 is 0. The molecule has 2 nitrogen and oxygen atoms in total. The van der Waals surface area contributed by atoms with E-state index >= 15 is 0 Å². The van der Waals surface area contributed by atoms with Crippen LogP contribution in [-0.2, 0) is 9.59 Å². The van der Waals surface area contributed by atoms with E-state index < -0.39 is 5.41 Å². The molecule has 0 bridgehead atoms. The molecule has 1 aromatic carbocycles. The molecule has 2 heteroatoms. The standard InChI is InChI=1S/C17H18O2/c1-13-11-15(18)12-17(2,16(13)19)10-6-9-14-7-4-3-5-8-14/h3-9,11H,10,12H2,1-2H3/b9-6+. The minimum Gasteiger partial charge on any atom is -0.295 e. The molecule has 0 amide bonds. The van der Waals surface area contributed by atoms with Gasteiger partial charge in [0.05, 0.1) is 0 Å². The van der Waals surface area contributed by atoms with Crippen molar-refractivity contribution in [1.29, 1.82) is 0 Å². The third-order valence-corrected chi connectivity index (χ3v) is 3.53. The van der Waals surface area contributed by atoms with Gasteiger partial charge in [-0.1, -0.05) is 49.4 Å². The van der Waals surface area contributed by atoms with Gasteiger partial charge in [-0.25, -0.2) is 0 Å². The Morgan fingerprint density at radius 1 is 1.21 bits per heavy atom. The molecule has 0 N–H and O–H groups in total. The van der Waals surface area contributed by atoms with Gasteiger partial charge in [0.25, 0.3) is 0 Å². The fraction of sp³-hybridized carbons (Fsp3) is 0.294. The molecule has 19 heavy (non-hydrogen) atoms. The van der Waals surface area contributed by atoms with E-state index in [1.54, 1.807) is 6.92 Å². The highest BCUT2D eigenvalue weighted by Gasteiger charge is 2.37. The molecular weight excluding hydrogens is 236 g/mol. The maximum absolute atomic E-state index is 12.2. The second-order valence-corrected chi connectivity index (χ2v) is 5.38. The zero-order valence-corrected chi connectivity index (χ0v) is 11.3. The third-order valence-electron chi connectivity index (χ3n) is 3.53. The molecule has 0 radical (unpaired) electrons. The third kappa shape index (κ3) is 3.08. The number of hydrogen-bond donors (Lipinski definition) is 0. The molecule has 0 saturated heterocycles. The normalized spacial score (nSPS) is 23.8. The van der Waals surface area contributed by atoms with Crippen molar-refractivity contribution in [3.05, 3.63) is 53.6 Å². The monoisotopic (exact) mass is 254 g/mol. The lowest BCUT2D eigenvalue weighted by molar-refractivity contribution is -0.130. The molecule has 1 aromatic rings. The Kier molecular flexibility index (Phi) is 3.79. The van der Waals surface area contributed by atoms with Crippen LogP contribution in [0.3, 0.4) is 0 Å². The zero-order valence-electron chi connectivity index (χ0n) is 11.3. The summed E-state index contributed by atoms with van der Waals surface area (Å²) in [7, 11) is 0. The molecule has 98 valence electrons. The van der Waals surface area contributed by atoms with Gasteiger partial charge in [0.15, 0.2) is 11.6 Å². The van der Waals surface area contributed by atoms with Crippen molar-refractivity contribution in [2.75, 3.05) is 0 Å². The molecule has 1 aliphatic carbocycles. The molecule has 0 saturated carbocycles. The van der Waals surface area contributed by atoms with Gasteiger partial charge in [0.2, 0.25) is 0 Å². The van der Waals surface area contributed by atoms with Gasteiger partial charge in [-0.15, -0.1) is 0 Å². The number of carbonyl (C=O) groups excluding carboxylic acids is 2. The maximum Gasteiger partial charge on any atom is 0.165 e. The van der Waals surface area contributed by atoms with Crippen LogP contribution in [0.5, 0.6) is 0 Å². The summed E-state index contributed by atoms with van der Waals surface area (Å²) >= 11 is 0. The molecule has 0 aliphatic heterocycles. The van der Waals surface area contributed by atoms with Crippen LogP contribution in [0.25, 0.3) is 6.08 Å². The van der Waals surface area contributed by atoms with E-state index in [1.807, 2.05) is 49.4 Å². The molecule has 0 heterocycles. The number of allylic oxidation sites excluding steroid dienone is 3. The Bertz CT molecular complexity index is 552. The summed E-state index contributed by atoms with van der Waals surface area (Å²) in [5.41, 5.74) is 1.10. The average molecular weight is 254 g/mol. The first kappa shape index (κ1) is 13.5. The molecule has 1 unspecified atom stereocenters. The van der Waals surface area contributed by atoms with E-state index in [0.29, 0.717) is 18.4 Å². The highest BCUT2D eigenvalue weighted by Crippen LogP contribution is 2.34. The van der Waals surface area contributed by atoms with Crippen LogP contribution < -0.4 is 0 Å². The summed E-state index contributed by atoms with van der Waals surface area (Å²) in [6.07, 6.45) is 6.35.